The van der Waals surface area contributed by atoms with Crippen LogP contribution in [-0.4, -0.2) is 15.0 Å². The number of benzene rings is 2. The van der Waals surface area contributed by atoms with Crippen molar-refractivity contribution in [2.75, 3.05) is 10.8 Å². The monoisotopic (exact) mass is 507 g/mol. The molecule has 5 rings (SSSR count). The van der Waals surface area contributed by atoms with E-state index in [9.17, 15) is 8.42 Å². The van der Waals surface area contributed by atoms with Crippen molar-refractivity contribution >= 4 is 52.4 Å². The van der Waals surface area contributed by atoms with Gasteiger partial charge in [0, 0.05) is 16.6 Å². The largest absolute Gasteiger partial charge is 0.264 e. The first-order chi connectivity index (χ1) is 14.5. The summed E-state index contributed by atoms with van der Waals surface area (Å²) in [6, 6.07) is 15.0. The van der Waals surface area contributed by atoms with E-state index in [1.807, 2.05) is 36.4 Å². The summed E-state index contributed by atoms with van der Waals surface area (Å²) in [5, 5.41) is 1.78. The van der Waals surface area contributed by atoms with Gasteiger partial charge in [0.25, 0.3) is 10.0 Å². The Morgan fingerprint density at radius 1 is 1.03 bits per heavy atom. The van der Waals surface area contributed by atoms with Gasteiger partial charge in [0.2, 0.25) is 0 Å². The fourth-order valence-electron chi connectivity index (χ4n) is 3.58. The highest BCUT2D eigenvalue weighted by Gasteiger charge is 2.31. The number of nitrogens with zero attached hydrogens (tertiary/aromatic N) is 1. The second-order valence-corrected chi connectivity index (χ2v) is 11.3. The number of fused-ring (bicyclic) bond motifs is 1. The molecule has 2 fully saturated rings. The molecule has 1 aliphatic heterocycles. The van der Waals surface area contributed by atoms with Crippen molar-refractivity contribution < 1.29 is 8.42 Å². The predicted octanol–water partition coefficient (Wildman–Crippen LogP) is 3.77. The molecule has 0 atom stereocenters. The first-order valence-corrected chi connectivity index (χ1v) is 12.9. The standard InChI is InChI=1S/C20H22BrN5O2S2/c21-18-16-3-1-2-4-17(16)29-20(18)26(12-11-13-5-6-13)30(27,28)15-9-7-14(8-10-15)19-22-24-25-23-19/h1-4,7-10,13,19,22-25H,5-6,11-12H2. The third-order valence-electron chi connectivity index (χ3n) is 5.48. The quantitative estimate of drug-likeness (QED) is 0.389. The van der Waals surface area contributed by atoms with Crippen LogP contribution >= 0.6 is 27.3 Å². The van der Waals surface area contributed by atoms with Crippen LogP contribution in [0.25, 0.3) is 10.1 Å². The average molecular weight is 508 g/mol. The Morgan fingerprint density at radius 3 is 2.40 bits per heavy atom. The van der Waals surface area contributed by atoms with Crippen LogP contribution < -0.4 is 26.2 Å². The third kappa shape index (κ3) is 3.89. The zero-order valence-electron chi connectivity index (χ0n) is 16.1. The summed E-state index contributed by atoms with van der Waals surface area (Å²) in [5.74, 6) is 0.637. The minimum atomic E-state index is -3.69. The van der Waals surface area contributed by atoms with Crippen molar-refractivity contribution in [2.24, 2.45) is 5.92 Å². The van der Waals surface area contributed by atoms with Gasteiger partial charge >= 0.3 is 0 Å². The Hall–Kier alpha value is -1.53. The van der Waals surface area contributed by atoms with E-state index in [-0.39, 0.29) is 6.17 Å². The number of nitrogens with one attached hydrogen (secondary N) is 4. The molecule has 0 amide bonds. The lowest BCUT2D eigenvalue weighted by Crippen LogP contribution is -2.33. The molecule has 3 aromatic rings. The SMILES string of the molecule is O=S(=O)(c1ccc(C2NNNN2)cc1)N(CCC1CC1)c1sc2ccccc2c1Br. The smallest absolute Gasteiger partial charge is 0.256 e. The molecule has 7 nitrogen and oxygen atoms in total. The van der Waals surface area contributed by atoms with Gasteiger partial charge in [-0.25, -0.2) is 19.3 Å². The average Bonchev–Trinajstić information content (AvgIpc) is 3.30. The number of hydrazine groups is 3. The van der Waals surface area contributed by atoms with Gasteiger partial charge in [-0.15, -0.1) is 11.3 Å². The van der Waals surface area contributed by atoms with Crippen LogP contribution in [0, 0.1) is 5.92 Å². The van der Waals surface area contributed by atoms with Crippen LogP contribution in [0.3, 0.4) is 0 Å². The van der Waals surface area contributed by atoms with E-state index in [1.165, 1.54) is 24.2 Å². The maximum Gasteiger partial charge on any atom is 0.264 e. The summed E-state index contributed by atoms with van der Waals surface area (Å²) in [6.07, 6.45) is 3.13. The molecule has 2 heterocycles. The maximum atomic E-state index is 13.7. The van der Waals surface area contributed by atoms with E-state index in [0.717, 1.165) is 31.5 Å². The number of thiophene rings is 1. The number of sulfonamides is 1. The summed E-state index contributed by atoms with van der Waals surface area (Å²) in [4.78, 5) is 0.297. The molecule has 2 aliphatic rings. The Morgan fingerprint density at radius 2 is 1.73 bits per heavy atom. The van der Waals surface area contributed by atoms with E-state index < -0.39 is 10.0 Å². The lowest BCUT2D eigenvalue weighted by atomic mass is 10.2. The zero-order chi connectivity index (χ0) is 20.7. The Labute approximate surface area is 187 Å². The molecule has 30 heavy (non-hydrogen) atoms. The molecule has 1 aromatic heterocycles. The fraction of sp³-hybridized carbons (Fsp3) is 0.300. The molecule has 0 unspecified atom stereocenters. The molecule has 0 bridgehead atoms. The van der Waals surface area contributed by atoms with Crippen LogP contribution in [0.2, 0.25) is 0 Å². The predicted molar refractivity (Wildman–Crippen MR) is 123 cm³/mol. The molecule has 1 saturated carbocycles. The molecule has 0 radical (unpaired) electrons. The van der Waals surface area contributed by atoms with Crippen LogP contribution in [0.5, 0.6) is 0 Å². The zero-order valence-corrected chi connectivity index (χ0v) is 19.3. The molecule has 4 N–H and O–H groups in total. The van der Waals surface area contributed by atoms with E-state index in [4.69, 9.17) is 0 Å². The Bertz CT molecular complexity index is 1160. The first kappa shape index (κ1) is 20.4. The van der Waals surface area contributed by atoms with Crippen LogP contribution in [-0.2, 0) is 10.0 Å². The first-order valence-electron chi connectivity index (χ1n) is 9.85. The van der Waals surface area contributed by atoms with E-state index in [0.29, 0.717) is 17.4 Å². The van der Waals surface area contributed by atoms with Crippen molar-refractivity contribution in [1.29, 1.82) is 0 Å². The summed E-state index contributed by atoms with van der Waals surface area (Å²) < 4.78 is 30.9. The van der Waals surface area contributed by atoms with Gasteiger partial charge in [-0.3, -0.25) is 4.31 Å². The van der Waals surface area contributed by atoms with Gasteiger partial charge in [0.15, 0.2) is 0 Å². The van der Waals surface area contributed by atoms with Gasteiger partial charge in [-0.2, -0.15) is 11.1 Å². The summed E-state index contributed by atoms with van der Waals surface area (Å²) in [6.45, 7) is 0.486. The second-order valence-electron chi connectivity index (χ2n) is 7.57. The van der Waals surface area contributed by atoms with Crippen molar-refractivity contribution in [2.45, 2.75) is 30.3 Å². The molecule has 158 valence electrons. The Kier molecular flexibility index (Phi) is 5.56. The third-order valence-corrected chi connectivity index (χ3v) is 9.67. The maximum absolute atomic E-state index is 13.7. The molecule has 1 aliphatic carbocycles. The number of hydrogen-bond donors (Lipinski definition) is 4. The van der Waals surface area contributed by atoms with E-state index >= 15 is 0 Å². The summed E-state index contributed by atoms with van der Waals surface area (Å²) in [5.41, 5.74) is 12.5. The number of hydrogen-bond acceptors (Lipinski definition) is 7. The van der Waals surface area contributed by atoms with Gasteiger partial charge in [-0.1, -0.05) is 43.2 Å². The van der Waals surface area contributed by atoms with Crippen LogP contribution in [0.15, 0.2) is 57.9 Å². The molecule has 10 heteroatoms. The van der Waals surface area contributed by atoms with Gasteiger partial charge in [0.1, 0.15) is 11.2 Å². The topological polar surface area (TPSA) is 85.5 Å². The van der Waals surface area contributed by atoms with Crippen molar-refractivity contribution in [3.8, 4) is 0 Å². The minimum Gasteiger partial charge on any atom is -0.256 e. The highest BCUT2D eigenvalue weighted by molar-refractivity contribution is 9.10. The molecular weight excluding hydrogens is 486 g/mol. The van der Waals surface area contributed by atoms with Crippen molar-refractivity contribution in [3.63, 3.8) is 0 Å². The van der Waals surface area contributed by atoms with Crippen LogP contribution in [0.1, 0.15) is 31.0 Å². The van der Waals surface area contributed by atoms with Crippen molar-refractivity contribution in [1.82, 2.24) is 21.9 Å². The molecule has 1 saturated heterocycles. The number of halogens is 1. The highest BCUT2D eigenvalue weighted by atomic mass is 79.9. The van der Waals surface area contributed by atoms with Gasteiger partial charge < -0.3 is 0 Å². The van der Waals surface area contributed by atoms with Gasteiger partial charge in [-0.05, 0) is 52.0 Å². The Balaban J connectivity index is 1.51. The second kappa shape index (κ2) is 8.19. The number of rotatable bonds is 7. The van der Waals surface area contributed by atoms with E-state index in [2.05, 4.69) is 37.9 Å². The van der Waals surface area contributed by atoms with E-state index in [1.54, 1.807) is 16.4 Å². The number of anilines is 1. The summed E-state index contributed by atoms with van der Waals surface area (Å²) in [7, 11) is -3.69. The van der Waals surface area contributed by atoms with Gasteiger partial charge in [0.05, 0.1) is 9.37 Å². The van der Waals surface area contributed by atoms with Crippen molar-refractivity contribution in [3.05, 3.63) is 58.6 Å². The van der Waals surface area contributed by atoms with Crippen LogP contribution in [0.4, 0.5) is 5.00 Å². The fourth-order valence-corrected chi connectivity index (χ4v) is 7.45. The minimum absolute atomic E-state index is 0.135. The highest BCUT2D eigenvalue weighted by Crippen LogP contribution is 2.44. The molecular formula is C20H22BrN5O2S2. The molecule has 0 spiro atoms. The lowest BCUT2D eigenvalue weighted by molar-refractivity contribution is 0.554. The molecule has 2 aromatic carbocycles. The lowest BCUT2D eigenvalue weighted by Gasteiger charge is -2.24. The normalized spacial score (nSPS) is 17.6. The summed E-state index contributed by atoms with van der Waals surface area (Å²) >= 11 is 5.18.